The van der Waals surface area contributed by atoms with Crippen molar-refractivity contribution in [3.8, 4) is 5.75 Å². The van der Waals surface area contributed by atoms with Crippen molar-refractivity contribution >= 4 is 23.2 Å². The summed E-state index contributed by atoms with van der Waals surface area (Å²) < 4.78 is 5.44. The molecule has 1 aliphatic heterocycles. The second-order valence-electron chi connectivity index (χ2n) is 6.83. The fraction of sp³-hybridized carbons (Fsp3) is 0.167. The first-order valence-corrected chi connectivity index (χ1v) is 9.70. The summed E-state index contributed by atoms with van der Waals surface area (Å²) >= 11 is 0. The van der Waals surface area contributed by atoms with Crippen LogP contribution in [0.2, 0.25) is 0 Å². The zero-order chi connectivity index (χ0) is 20.2. The molecule has 0 radical (unpaired) electrons. The van der Waals surface area contributed by atoms with E-state index in [9.17, 15) is 9.59 Å². The number of para-hydroxylation sites is 1. The lowest BCUT2D eigenvalue weighted by atomic mass is 10.1. The normalized spacial score (nSPS) is 12.4. The lowest BCUT2D eigenvalue weighted by molar-refractivity contribution is 0.0988. The Labute approximate surface area is 169 Å². The summed E-state index contributed by atoms with van der Waals surface area (Å²) in [6, 6.07) is 22.0. The molecule has 0 aromatic heterocycles. The molecule has 0 unspecified atom stereocenters. The summed E-state index contributed by atoms with van der Waals surface area (Å²) in [5.41, 5.74) is 3.92. The Morgan fingerprint density at radius 2 is 1.76 bits per heavy atom. The number of ether oxygens (including phenoxy) is 1. The molecule has 1 aliphatic rings. The summed E-state index contributed by atoms with van der Waals surface area (Å²) in [5, 5.41) is 2.86. The van der Waals surface area contributed by atoms with Gasteiger partial charge in [-0.1, -0.05) is 24.3 Å². The highest BCUT2D eigenvalue weighted by atomic mass is 16.5. The van der Waals surface area contributed by atoms with Crippen LogP contribution in [0.4, 0.5) is 11.4 Å². The molecule has 4 rings (SSSR count). The quantitative estimate of drug-likeness (QED) is 0.700. The summed E-state index contributed by atoms with van der Waals surface area (Å²) in [6.07, 6.45) is 0.872. The van der Waals surface area contributed by atoms with Gasteiger partial charge in [0.2, 0.25) is 0 Å². The van der Waals surface area contributed by atoms with E-state index in [2.05, 4.69) is 11.4 Å². The van der Waals surface area contributed by atoms with Crippen LogP contribution < -0.4 is 15.0 Å². The van der Waals surface area contributed by atoms with Gasteiger partial charge in [0.25, 0.3) is 11.8 Å². The Hall–Kier alpha value is -3.60. The Morgan fingerprint density at radius 3 is 2.55 bits per heavy atom. The van der Waals surface area contributed by atoms with E-state index in [0.29, 0.717) is 35.7 Å². The number of amides is 2. The van der Waals surface area contributed by atoms with E-state index in [1.54, 1.807) is 42.5 Å². The largest absolute Gasteiger partial charge is 0.494 e. The van der Waals surface area contributed by atoms with Gasteiger partial charge in [-0.25, -0.2) is 0 Å². The average Bonchev–Trinajstić information content (AvgIpc) is 3.18. The van der Waals surface area contributed by atoms with E-state index >= 15 is 0 Å². The minimum atomic E-state index is -0.223. The molecule has 1 heterocycles. The molecule has 5 nitrogen and oxygen atoms in total. The predicted octanol–water partition coefficient (Wildman–Crippen LogP) is 4.54. The van der Waals surface area contributed by atoms with E-state index in [0.717, 1.165) is 12.1 Å². The molecule has 3 aromatic carbocycles. The van der Waals surface area contributed by atoms with Crippen molar-refractivity contribution < 1.29 is 14.3 Å². The summed E-state index contributed by atoms with van der Waals surface area (Å²) in [7, 11) is 0. The smallest absolute Gasteiger partial charge is 0.258 e. The third kappa shape index (κ3) is 3.99. The first-order valence-electron chi connectivity index (χ1n) is 9.70. The van der Waals surface area contributed by atoms with Gasteiger partial charge in [0, 0.05) is 29.0 Å². The van der Waals surface area contributed by atoms with Crippen LogP contribution in [0.15, 0.2) is 72.8 Å². The van der Waals surface area contributed by atoms with Crippen molar-refractivity contribution in [2.24, 2.45) is 0 Å². The summed E-state index contributed by atoms with van der Waals surface area (Å²) in [5.74, 6) is 0.406. The van der Waals surface area contributed by atoms with Gasteiger partial charge in [-0.3, -0.25) is 9.59 Å². The van der Waals surface area contributed by atoms with Gasteiger partial charge in [-0.15, -0.1) is 0 Å². The summed E-state index contributed by atoms with van der Waals surface area (Å²) in [6.45, 7) is 3.13. The summed E-state index contributed by atoms with van der Waals surface area (Å²) in [4.78, 5) is 27.2. The highest BCUT2D eigenvalue weighted by Crippen LogP contribution is 2.29. The third-order valence-electron chi connectivity index (χ3n) is 4.93. The first kappa shape index (κ1) is 18.7. The van der Waals surface area contributed by atoms with E-state index in [1.807, 2.05) is 36.1 Å². The zero-order valence-electron chi connectivity index (χ0n) is 16.2. The molecular formula is C24H22N2O3. The molecule has 0 fully saturated rings. The van der Waals surface area contributed by atoms with Crippen LogP contribution in [-0.2, 0) is 6.42 Å². The molecule has 3 aromatic rings. The van der Waals surface area contributed by atoms with Crippen LogP contribution in [0.25, 0.3) is 0 Å². The molecule has 0 atom stereocenters. The minimum absolute atomic E-state index is 0.0303. The Morgan fingerprint density at radius 1 is 0.966 bits per heavy atom. The second kappa shape index (κ2) is 8.19. The van der Waals surface area contributed by atoms with Gasteiger partial charge < -0.3 is 15.0 Å². The van der Waals surface area contributed by atoms with Gasteiger partial charge in [-0.2, -0.15) is 0 Å². The molecule has 0 saturated heterocycles. The average molecular weight is 386 g/mol. The van der Waals surface area contributed by atoms with Crippen molar-refractivity contribution in [2.45, 2.75) is 13.3 Å². The maximum Gasteiger partial charge on any atom is 0.258 e. The van der Waals surface area contributed by atoms with E-state index < -0.39 is 0 Å². The molecule has 0 spiro atoms. The number of nitrogens with zero attached hydrogens (tertiary/aromatic N) is 1. The zero-order valence-corrected chi connectivity index (χ0v) is 16.2. The molecule has 146 valence electrons. The number of carbonyl (C=O) groups is 2. The van der Waals surface area contributed by atoms with Gasteiger partial charge in [0.1, 0.15) is 5.75 Å². The van der Waals surface area contributed by atoms with Gasteiger partial charge in [-0.05, 0) is 67.4 Å². The van der Waals surface area contributed by atoms with Crippen LogP contribution >= 0.6 is 0 Å². The molecule has 0 saturated carbocycles. The van der Waals surface area contributed by atoms with Crippen molar-refractivity contribution in [1.29, 1.82) is 0 Å². The molecule has 2 amide bonds. The Balaban J connectivity index is 1.45. The van der Waals surface area contributed by atoms with Crippen LogP contribution in [0.3, 0.4) is 0 Å². The third-order valence-corrected chi connectivity index (χ3v) is 4.93. The lowest BCUT2D eigenvalue weighted by Gasteiger charge is -2.17. The topological polar surface area (TPSA) is 58.6 Å². The first-order chi connectivity index (χ1) is 14.2. The number of hydrogen-bond acceptors (Lipinski definition) is 3. The van der Waals surface area contributed by atoms with Crippen molar-refractivity contribution in [2.75, 3.05) is 23.4 Å². The minimum Gasteiger partial charge on any atom is -0.494 e. The second-order valence-corrected chi connectivity index (χ2v) is 6.83. The predicted molar refractivity (Wildman–Crippen MR) is 114 cm³/mol. The molecule has 0 bridgehead atoms. The van der Waals surface area contributed by atoms with Crippen LogP contribution in [0.1, 0.15) is 33.2 Å². The maximum atomic E-state index is 12.9. The van der Waals surface area contributed by atoms with E-state index in [-0.39, 0.29) is 11.8 Å². The lowest BCUT2D eigenvalue weighted by Crippen LogP contribution is -2.28. The molecule has 0 aliphatic carbocycles. The SMILES string of the molecule is CCOc1cccc(C(=O)Nc2ccc(C(=O)N3CCc4ccccc43)cc2)c1. The number of anilines is 2. The van der Waals surface area contributed by atoms with E-state index in [4.69, 9.17) is 4.74 Å². The van der Waals surface area contributed by atoms with Crippen molar-refractivity contribution in [3.05, 3.63) is 89.5 Å². The highest BCUT2D eigenvalue weighted by molar-refractivity contribution is 6.08. The van der Waals surface area contributed by atoms with Crippen LogP contribution in [0.5, 0.6) is 5.75 Å². The standard InChI is InChI=1S/C24H22N2O3/c1-2-29-21-8-5-7-19(16-21)23(27)25-20-12-10-18(11-13-20)24(28)26-15-14-17-6-3-4-9-22(17)26/h3-13,16H,2,14-15H2,1H3,(H,25,27). The maximum absolute atomic E-state index is 12.9. The molecular weight excluding hydrogens is 364 g/mol. The van der Waals surface area contributed by atoms with E-state index in [1.165, 1.54) is 5.56 Å². The number of hydrogen-bond donors (Lipinski definition) is 1. The fourth-order valence-electron chi connectivity index (χ4n) is 3.50. The van der Waals surface area contributed by atoms with Gasteiger partial charge >= 0.3 is 0 Å². The van der Waals surface area contributed by atoms with Crippen LogP contribution in [-0.4, -0.2) is 25.0 Å². The number of fused-ring (bicyclic) bond motifs is 1. The Kier molecular flexibility index (Phi) is 5.29. The van der Waals surface area contributed by atoms with Crippen molar-refractivity contribution in [3.63, 3.8) is 0 Å². The van der Waals surface area contributed by atoms with Gasteiger partial charge in [0.15, 0.2) is 0 Å². The molecule has 5 heteroatoms. The number of nitrogens with one attached hydrogen (secondary N) is 1. The monoisotopic (exact) mass is 386 g/mol. The molecule has 1 N–H and O–H groups in total. The molecule has 29 heavy (non-hydrogen) atoms. The Bertz CT molecular complexity index is 1040. The van der Waals surface area contributed by atoms with Gasteiger partial charge in [0.05, 0.1) is 6.61 Å². The van der Waals surface area contributed by atoms with Crippen molar-refractivity contribution in [1.82, 2.24) is 0 Å². The number of carbonyl (C=O) groups excluding carboxylic acids is 2. The van der Waals surface area contributed by atoms with Crippen LogP contribution in [0, 0.1) is 0 Å². The number of rotatable bonds is 5. The number of benzene rings is 3. The fourth-order valence-corrected chi connectivity index (χ4v) is 3.50. The highest BCUT2D eigenvalue weighted by Gasteiger charge is 2.25.